The first-order chi connectivity index (χ1) is 13.6. The Morgan fingerprint density at radius 1 is 1.21 bits per heavy atom. The Balaban J connectivity index is 1.87. The summed E-state index contributed by atoms with van der Waals surface area (Å²) >= 11 is 0. The van der Waals surface area contributed by atoms with Gasteiger partial charge >= 0.3 is 0 Å². The van der Waals surface area contributed by atoms with Crippen LogP contribution in [0.5, 0.6) is 5.75 Å². The van der Waals surface area contributed by atoms with E-state index in [1.54, 1.807) is 29.8 Å². The van der Waals surface area contributed by atoms with Crippen molar-refractivity contribution in [3.63, 3.8) is 0 Å². The molecule has 0 saturated carbocycles. The number of benzene rings is 2. The van der Waals surface area contributed by atoms with E-state index >= 15 is 0 Å². The number of aromatic amines is 1. The molecule has 2 aromatic carbocycles. The molecular formula is C20H19N5O3. The average molecular weight is 377 g/mol. The van der Waals surface area contributed by atoms with Crippen molar-refractivity contribution in [2.24, 2.45) is 0 Å². The van der Waals surface area contributed by atoms with Gasteiger partial charge in [-0.25, -0.2) is 9.73 Å². The quantitative estimate of drug-likeness (QED) is 0.556. The number of nitrogens with zero attached hydrogens (tertiary/aromatic N) is 3. The van der Waals surface area contributed by atoms with Gasteiger partial charge in [0.15, 0.2) is 5.65 Å². The Kier molecular flexibility index (Phi) is 4.52. The minimum absolute atomic E-state index is 0.184. The maximum atomic E-state index is 12.5. The number of H-pyrrole nitrogens is 1. The van der Waals surface area contributed by atoms with Gasteiger partial charge in [0, 0.05) is 17.7 Å². The molecule has 8 heteroatoms. The fraction of sp³-hybridized carbons (Fsp3) is 0.200. The lowest BCUT2D eigenvalue weighted by Crippen LogP contribution is -2.24. The smallest absolute Gasteiger partial charge is 0.281 e. The number of hydrogen-bond donors (Lipinski definition) is 2. The van der Waals surface area contributed by atoms with Crippen LogP contribution in [0.4, 0.5) is 0 Å². The highest BCUT2D eigenvalue weighted by atomic mass is 16.5. The van der Waals surface area contributed by atoms with Gasteiger partial charge in [0.25, 0.3) is 11.5 Å². The zero-order valence-corrected chi connectivity index (χ0v) is 15.5. The molecule has 0 unspecified atom stereocenters. The number of nitrogens with one attached hydrogen (secondary N) is 2. The van der Waals surface area contributed by atoms with E-state index in [9.17, 15) is 9.59 Å². The number of ether oxygens (including phenoxy) is 1. The number of carbonyl (C=O) groups excluding carboxylic acids is 1. The Bertz CT molecular complexity index is 1220. The van der Waals surface area contributed by atoms with Gasteiger partial charge in [0.05, 0.1) is 18.0 Å². The standard InChI is InChI=1S/C20H19N5O3/c1-3-10-21-19(26)13-6-9-15-16(11-13)25-18(22-20(15)27)17(23-24-25)12-4-7-14(28-2)8-5-12/h4-9,11,24H,3,10H2,1-2H3,(H,21,26). The second kappa shape index (κ2) is 7.15. The van der Waals surface area contributed by atoms with Gasteiger partial charge in [-0.05, 0) is 48.9 Å². The maximum absolute atomic E-state index is 12.5. The van der Waals surface area contributed by atoms with Gasteiger partial charge in [-0.1, -0.05) is 6.92 Å². The van der Waals surface area contributed by atoms with E-state index in [-0.39, 0.29) is 11.5 Å². The molecule has 0 aliphatic rings. The number of aromatic nitrogens is 4. The molecule has 0 bridgehead atoms. The van der Waals surface area contributed by atoms with Crippen molar-refractivity contribution in [2.45, 2.75) is 13.3 Å². The van der Waals surface area contributed by atoms with Crippen LogP contribution in [0.2, 0.25) is 0 Å². The molecule has 0 fully saturated rings. The third kappa shape index (κ3) is 2.98. The van der Waals surface area contributed by atoms with E-state index < -0.39 is 0 Å². The van der Waals surface area contributed by atoms with E-state index in [2.05, 4.69) is 20.6 Å². The van der Waals surface area contributed by atoms with Crippen molar-refractivity contribution in [1.82, 2.24) is 25.1 Å². The normalized spacial score (nSPS) is 11.1. The van der Waals surface area contributed by atoms with Crippen LogP contribution >= 0.6 is 0 Å². The summed E-state index contributed by atoms with van der Waals surface area (Å²) < 4.78 is 6.80. The third-order valence-electron chi connectivity index (χ3n) is 4.52. The number of rotatable bonds is 5. The predicted molar refractivity (Wildman–Crippen MR) is 106 cm³/mol. The first-order valence-corrected chi connectivity index (χ1v) is 8.96. The van der Waals surface area contributed by atoms with Crippen LogP contribution in [0.15, 0.2) is 47.3 Å². The highest BCUT2D eigenvalue weighted by molar-refractivity contribution is 5.98. The van der Waals surface area contributed by atoms with Crippen LogP contribution in [0.25, 0.3) is 27.8 Å². The SMILES string of the molecule is CCCNC(=O)c1ccc2c(=O)nc3c(-c4ccc(OC)cc4)n[nH]n3c2c1. The molecule has 0 spiro atoms. The lowest BCUT2D eigenvalue weighted by Gasteiger charge is -2.06. The maximum Gasteiger partial charge on any atom is 0.281 e. The van der Waals surface area contributed by atoms with E-state index in [0.717, 1.165) is 17.7 Å². The van der Waals surface area contributed by atoms with Gasteiger partial charge in [0.2, 0.25) is 0 Å². The Labute approximate surface area is 160 Å². The molecule has 0 atom stereocenters. The minimum Gasteiger partial charge on any atom is -0.497 e. The summed E-state index contributed by atoms with van der Waals surface area (Å²) in [6, 6.07) is 12.2. The fourth-order valence-electron chi connectivity index (χ4n) is 3.05. The molecule has 142 valence electrons. The summed E-state index contributed by atoms with van der Waals surface area (Å²) in [4.78, 5) is 29.0. The minimum atomic E-state index is -0.369. The molecule has 0 aliphatic carbocycles. The molecule has 0 aliphatic heterocycles. The largest absolute Gasteiger partial charge is 0.497 e. The summed E-state index contributed by atoms with van der Waals surface area (Å²) in [6.45, 7) is 2.58. The van der Waals surface area contributed by atoms with E-state index in [4.69, 9.17) is 4.74 Å². The number of methoxy groups -OCH3 is 1. The first kappa shape index (κ1) is 17.7. The van der Waals surface area contributed by atoms with Crippen molar-refractivity contribution in [3.05, 3.63) is 58.4 Å². The van der Waals surface area contributed by atoms with Crippen LogP contribution in [-0.4, -0.2) is 39.4 Å². The molecule has 8 nitrogen and oxygen atoms in total. The Morgan fingerprint density at radius 2 is 2.00 bits per heavy atom. The topological polar surface area (TPSA) is 101 Å². The zero-order valence-electron chi connectivity index (χ0n) is 15.5. The van der Waals surface area contributed by atoms with Crippen molar-refractivity contribution >= 4 is 22.5 Å². The molecule has 28 heavy (non-hydrogen) atoms. The zero-order chi connectivity index (χ0) is 19.7. The molecule has 2 heterocycles. The monoisotopic (exact) mass is 377 g/mol. The van der Waals surface area contributed by atoms with Crippen LogP contribution in [0.3, 0.4) is 0 Å². The highest BCUT2D eigenvalue weighted by Crippen LogP contribution is 2.24. The molecule has 1 amide bonds. The van der Waals surface area contributed by atoms with Gasteiger partial charge in [-0.15, -0.1) is 0 Å². The summed E-state index contributed by atoms with van der Waals surface area (Å²) in [7, 11) is 1.60. The van der Waals surface area contributed by atoms with Crippen LogP contribution in [0, 0.1) is 0 Å². The van der Waals surface area contributed by atoms with E-state index in [1.807, 2.05) is 31.2 Å². The van der Waals surface area contributed by atoms with Gasteiger partial charge in [-0.3, -0.25) is 9.59 Å². The summed E-state index contributed by atoms with van der Waals surface area (Å²) in [5, 5.41) is 10.5. The van der Waals surface area contributed by atoms with E-state index in [1.165, 1.54) is 0 Å². The molecular weight excluding hydrogens is 358 g/mol. The number of carbonyl (C=O) groups is 1. The van der Waals surface area contributed by atoms with Crippen LogP contribution in [0.1, 0.15) is 23.7 Å². The average Bonchev–Trinajstić information content (AvgIpc) is 3.15. The first-order valence-electron chi connectivity index (χ1n) is 8.96. The van der Waals surface area contributed by atoms with Crippen molar-refractivity contribution in [3.8, 4) is 17.0 Å². The van der Waals surface area contributed by atoms with Crippen molar-refractivity contribution in [1.29, 1.82) is 0 Å². The molecule has 0 saturated heterocycles. The summed E-state index contributed by atoms with van der Waals surface area (Å²) in [5.74, 6) is 0.540. The van der Waals surface area contributed by atoms with E-state index in [0.29, 0.717) is 34.4 Å². The van der Waals surface area contributed by atoms with Crippen molar-refractivity contribution < 1.29 is 9.53 Å². The third-order valence-corrected chi connectivity index (χ3v) is 4.52. The lowest BCUT2D eigenvalue weighted by atomic mass is 10.1. The molecule has 0 radical (unpaired) electrons. The second-order valence-corrected chi connectivity index (χ2v) is 6.35. The number of hydrogen-bond acceptors (Lipinski definition) is 5. The second-order valence-electron chi connectivity index (χ2n) is 6.35. The molecule has 4 aromatic rings. The summed E-state index contributed by atoms with van der Waals surface area (Å²) in [5.41, 5.74) is 2.39. The lowest BCUT2D eigenvalue weighted by molar-refractivity contribution is 0.0954. The molecule has 4 rings (SSSR count). The van der Waals surface area contributed by atoms with Gasteiger partial charge < -0.3 is 10.1 Å². The molecule has 2 N–H and O–H groups in total. The van der Waals surface area contributed by atoms with Crippen LogP contribution in [-0.2, 0) is 0 Å². The van der Waals surface area contributed by atoms with Gasteiger partial charge in [0.1, 0.15) is 11.4 Å². The summed E-state index contributed by atoms with van der Waals surface area (Å²) in [6.07, 6.45) is 0.846. The molecule has 2 aromatic heterocycles. The predicted octanol–water partition coefficient (Wildman–Crippen LogP) is 2.39. The number of amides is 1. The van der Waals surface area contributed by atoms with Gasteiger partial charge in [-0.2, -0.15) is 10.1 Å². The van der Waals surface area contributed by atoms with Crippen molar-refractivity contribution in [2.75, 3.05) is 13.7 Å². The Hall–Kier alpha value is -3.68. The Morgan fingerprint density at radius 3 is 2.71 bits per heavy atom. The fourth-order valence-corrected chi connectivity index (χ4v) is 3.05. The highest BCUT2D eigenvalue weighted by Gasteiger charge is 2.15. The number of fused-ring (bicyclic) bond motifs is 3. The van der Waals surface area contributed by atoms with Crippen LogP contribution < -0.4 is 15.6 Å².